The molecule has 0 fully saturated rings. The molecule has 0 aliphatic heterocycles. The second-order valence-corrected chi connectivity index (χ2v) is 2.61. The number of halogens is 1. The van der Waals surface area contributed by atoms with Gasteiger partial charge < -0.3 is 4.98 Å². The van der Waals surface area contributed by atoms with Crippen molar-refractivity contribution in [3.63, 3.8) is 0 Å². The lowest BCUT2D eigenvalue weighted by molar-refractivity contribution is 1.25. The molecule has 0 saturated carbocycles. The van der Waals surface area contributed by atoms with Crippen LogP contribution in [-0.2, 0) is 0 Å². The molecule has 2 heterocycles. The summed E-state index contributed by atoms with van der Waals surface area (Å²) >= 11 is 5.59. The molecule has 58 valence electrons. The second-order valence-electron chi connectivity index (χ2n) is 2.22. The Morgan fingerprint density at radius 3 is 3.17 bits per heavy atom. The number of nitrogens with zero attached hydrogens (tertiary/aromatic N) is 3. The van der Waals surface area contributed by atoms with Crippen molar-refractivity contribution in [2.45, 2.75) is 0 Å². The number of hydrogen-bond acceptors (Lipinski definition) is 3. The second kappa shape index (κ2) is 2.47. The zero-order chi connectivity index (χ0) is 8.55. The van der Waals surface area contributed by atoms with Gasteiger partial charge in [0.05, 0.1) is 6.20 Å². The fraction of sp³-hybridized carbons (Fsp3) is 0. The van der Waals surface area contributed by atoms with E-state index < -0.39 is 0 Å². The van der Waals surface area contributed by atoms with E-state index in [-0.39, 0.29) is 0 Å². The molecule has 2 rings (SSSR count). The van der Waals surface area contributed by atoms with E-state index in [1.807, 2.05) is 6.07 Å². The van der Waals surface area contributed by atoms with Crippen molar-refractivity contribution in [3.8, 4) is 6.07 Å². The van der Waals surface area contributed by atoms with Crippen molar-refractivity contribution in [2.24, 2.45) is 0 Å². The zero-order valence-corrected chi connectivity index (χ0v) is 6.63. The molecular formula is C7H3ClN4. The molecule has 0 saturated heterocycles. The van der Waals surface area contributed by atoms with Crippen LogP contribution in [-0.4, -0.2) is 15.0 Å². The maximum absolute atomic E-state index is 8.54. The molecule has 2 aromatic heterocycles. The van der Waals surface area contributed by atoms with Crippen LogP contribution < -0.4 is 0 Å². The zero-order valence-electron chi connectivity index (χ0n) is 5.87. The molecule has 0 unspecified atom stereocenters. The topological polar surface area (TPSA) is 65.4 Å². The van der Waals surface area contributed by atoms with Crippen molar-refractivity contribution in [1.82, 2.24) is 15.0 Å². The largest absolute Gasteiger partial charge is 0.330 e. The summed E-state index contributed by atoms with van der Waals surface area (Å²) in [4.78, 5) is 10.7. The van der Waals surface area contributed by atoms with E-state index in [0.29, 0.717) is 22.0 Å². The van der Waals surface area contributed by atoms with Crippen LogP contribution in [0.2, 0.25) is 5.15 Å². The van der Waals surface area contributed by atoms with Crippen molar-refractivity contribution in [3.05, 3.63) is 23.1 Å². The fourth-order valence-corrected chi connectivity index (χ4v) is 1.07. The molecule has 0 bridgehead atoms. The summed E-state index contributed by atoms with van der Waals surface area (Å²) in [5.74, 6) is 0. The van der Waals surface area contributed by atoms with Gasteiger partial charge in [-0.2, -0.15) is 5.26 Å². The summed E-state index contributed by atoms with van der Waals surface area (Å²) in [7, 11) is 0. The first-order valence-corrected chi connectivity index (χ1v) is 3.59. The van der Waals surface area contributed by atoms with Crippen molar-refractivity contribution in [2.75, 3.05) is 0 Å². The number of nitrogens with one attached hydrogen (secondary N) is 1. The van der Waals surface area contributed by atoms with Gasteiger partial charge in [-0.3, -0.25) is 0 Å². The molecule has 0 radical (unpaired) electrons. The number of H-pyrrole nitrogens is 1. The van der Waals surface area contributed by atoms with E-state index in [9.17, 15) is 0 Å². The Balaban J connectivity index is 2.77. The Morgan fingerprint density at radius 1 is 1.58 bits per heavy atom. The summed E-state index contributed by atoms with van der Waals surface area (Å²) < 4.78 is 0. The normalized spacial score (nSPS) is 10.0. The van der Waals surface area contributed by atoms with Gasteiger partial charge in [-0.15, -0.1) is 0 Å². The van der Waals surface area contributed by atoms with Gasteiger partial charge in [0.2, 0.25) is 0 Å². The highest BCUT2D eigenvalue weighted by molar-refractivity contribution is 6.29. The van der Waals surface area contributed by atoms with E-state index in [1.165, 1.54) is 6.20 Å². The molecule has 2 aromatic rings. The van der Waals surface area contributed by atoms with Gasteiger partial charge in [0, 0.05) is 6.07 Å². The summed E-state index contributed by atoms with van der Waals surface area (Å²) in [6.45, 7) is 0. The first-order chi connectivity index (χ1) is 5.79. The number of nitriles is 1. The van der Waals surface area contributed by atoms with E-state index in [4.69, 9.17) is 16.9 Å². The minimum absolute atomic E-state index is 0.314. The monoisotopic (exact) mass is 178 g/mol. The molecule has 0 atom stereocenters. The highest BCUT2D eigenvalue weighted by atomic mass is 35.5. The molecule has 0 aliphatic rings. The highest BCUT2D eigenvalue weighted by Crippen LogP contribution is 2.12. The molecule has 4 nitrogen and oxygen atoms in total. The third kappa shape index (κ3) is 1.00. The van der Waals surface area contributed by atoms with Gasteiger partial charge in [-0.05, 0) is 0 Å². The maximum Gasteiger partial charge on any atom is 0.158 e. The number of fused-ring (bicyclic) bond motifs is 1. The minimum atomic E-state index is 0.314. The van der Waals surface area contributed by atoms with Gasteiger partial charge in [0.25, 0.3) is 0 Å². The molecule has 0 aromatic carbocycles. The van der Waals surface area contributed by atoms with Gasteiger partial charge >= 0.3 is 0 Å². The van der Waals surface area contributed by atoms with Crippen molar-refractivity contribution in [1.29, 1.82) is 5.26 Å². The molecule has 0 aliphatic carbocycles. The Kier molecular flexibility index (Phi) is 1.45. The van der Waals surface area contributed by atoms with Gasteiger partial charge in [-0.1, -0.05) is 11.6 Å². The van der Waals surface area contributed by atoms with E-state index in [2.05, 4.69) is 15.0 Å². The average molecular weight is 179 g/mol. The smallest absolute Gasteiger partial charge is 0.158 e. The number of aromatic nitrogens is 3. The summed E-state index contributed by atoms with van der Waals surface area (Å²) in [5, 5.41) is 8.85. The molecule has 5 heteroatoms. The predicted octanol–water partition coefficient (Wildman–Crippen LogP) is 1.48. The van der Waals surface area contributed by atoms with E-state index in [1.54, 1.807) is 6.07 Å². The SMILES string of the molecule is N#Cc1cc2ncc(Cl)nc2[nH]1. The summed E-state index contributed by atoms with van der Waals surface area (Å²) in [6.07, 6.45) is 1.44. The van der Waals surface area contributed by atoms with Crippen LogP contribution in [0.15, 0.2) is 12.3 Å². The van der Waals surface area contributed by atoms with Crippen molar-refractivity contribution < 1.29 is 0 Å². The number of hydrogen-bond donors (Lipinski definition) is 1. The van der Waals surface area contributed by atoms with E-state index >= 15 is 0 Å². The maximum atomic E-state index is 8.54. The Labute approximate surface area is 72.8 Å². The van der Waals surface area contributed by atoms with Crippen LogP contribution in [0.1, 0.15) is 5.69 Å². The Morgan fingerprint density at radius 2 is 2.42 bits per heavy atom. The lowest BCUT2D eigenvalue weighted by Crippen LogP contribution is -1.80. The quantitative estimate of drug-likeness (QED) is 0.665. The highest BCUT2D eigenvalue weighted by Gasteiger charge is 2.01. The third-order valence-corrected chi connectivity index (χ3v) is 1.61. The van der Waals surface area contributed by atoms with Crippen LogP contribution in [0.4, 0.5) is 0 Å². The first-order valence-electron chi connectivity index (χ1n) is 3.21. The molecule has 1 N–H and O–H groups in total. The Bertz CT molecular complexity index is 468. The van der Waals surface area contributed by atoms with Gasteiger partial charge in [0.15, 0.2) is 5.65 Å². The number of rotatable bonds is 0. The van der Waals surface area contributed by atoms with Crippen LogP contribution in [0, 0.1) is 11.3 Å². The number of aromatic amines is 1. The standard InChI is InChI=1S/C7H3ClN4/c8-6-3-10-5-1-4(2-9)11-7(5)12-6/h1,3H,(H,11,12). The summed E-state index contributed by atoms with van der Waals surface area (Å²) in [6, 6.07) is 3.58. The first kappa shape index (κ1) is 7.07. The minimum Gasteiger partial charge on any atom is -0.330 e. The molecule has 0 amide bonds. The van der Waals surface area contributed by atoms with Crippen LogP contribution in [0.3, 0.4) is 0 Å². The fourth-order valence-electron chi connectivity index (χ4n) is 0.935. The van der Waals surface area contributed by atoms with Crippen LogP contribution in [0.25, 0.3) is 11.2 Å². The van der Waals surface area contributed by atoms with Gasteiger partial charge in [0.1, 0.15) is 22.4 Å². The third-order valence-electron chi connectivity index (χ3n) is 1.43. The average Bonchev–Trinajstić information content (AvgIpc) is 2.46. The predicted molar refractivity (Wildman–Crippen MR) is 43.6 cm³/mol. The Hall–Kier alpha value is -1.60. The van der Waals surface area contributed by atoms with Crippen molar-refractivity contribution >= 4 is 22.8 Å². The van der Waals surface area contributed by atoms with Gasteiger partial charge in [-0.25, -0.2) is 9.97 Å². The molecule has 0 spiro atoms. The lowest BCUT2D eigenvalue weighted by atomic mass is 10.4. The van der Waals surface area contributed by atoms with Crippen LogP contribution >= 0.6 is 11.6 Å². The van der Waals surface area contributed by atoms with Crippen LogP contribution in [0.5, 0.6) is 0 Å². The lowest BCUT2D eigenvalue weighted by Gasteiger charge is -1.87. The molecular weight excluding hydrogens is 176 g/mol. The van der Waals surface area contributed by atoms with E-state index in [0.717, 1.165) is 0 Å². The molecule has 12 heavy (non-hydrogen) atoms. The summed E-state index contributed by atoms with van der Waals surface area (Å²) in [5.41, 5.74) is 1.63.